The molecule has 1 fully saturated rings. The summed E-state index contributed by atoms with van der Waals surface area (Å²) >= 11 is 0. The molecule has 2 aromatic rings. The van der Waals surface area contributed by atoms with Crippen molar-refractivity contribution < 1.29 is 13.6 Å². The van der Waals surface area contributed by atoms with Crippen LogP contribution in [-0.2, 0) is 11.3 Å². The zero-order valence-corrected chi connectivity index (χ0v) is 16.8. The third kappa shape index (κ3) is 4.58. The van der Waals surface area contributed by atoms with E-state index in [0.717, 1.165) is 25.9 Å². The highest BCUT2D eigenvalue weighted by Gasteiger charge is 2.30. The van der Waals surface area contributed by atoms with E-state index in [9.17, 15) is 13.6 Å². The number of benzene rings is 2. The number of hydrogen-bond acceptors (Lipinski definition) is 2. The Bertz CT molecular complexity index is 829. The highest BCUT2D eigenvalue weighted by atomic mass is 19.1. The van der Waals surface area contributed by atoms with Crippen LogP contribution in [0, 0.1) is 24.5 Å². The van der Waals surface area contributed by atoms with Crippen LogP contribution >= 0.6 is 0 Å². The maximum absolute atomic E-state index is 14.1. The van der Waals surface area contributed by atoms with E-state index in [2.05, 4.69) is 4.90 Å². The molecule has 0 bridgehead atoms. The van der Waals surface area contributed by atoms with Gasteiger partial charge in [-0.15, -0.1) is 0 Å². The molecule has 0 aromatic heterocycles. The quantitative estimate of drug-likeness (QED) is 0.728. The van der Waals surface area contributed by atoms with Crippen molar-refractivity contribution in [1.29, 1.82) is 0 Å². The molecule has 0 atom stereocenters. The molecule has 150 valence electrons. The van der Waals surface area contributed by atoms with Gasteiger partial charge in [-0.1, -0.05) is 38.1 Å². The largest absolute Gasteiger partial charge is 0.309 e. The normalized spacial score (nSPS) is 15.8. The van der Waals surface area contributed by atoms with Gasteiger partial charge in [-0.3, -0.25) is 9.69 Å². The van der Waals surface area contributed by atoms with Gasteiger partial charge in [-0.05, 0) is 43.5 Å². The Morgan fingerprint density at radius 2 is 1.79 bits per heavy atom. The fourth-order valence-electron chi connectivity index (χ4n) is 3.73. The summed E-state index contributed by atoms with van der Waals surface area (Å²) in [4.78, 5) is 16.9. The number of rotatable bonds is 5. The first kappa shape index (κ1) is 20.5. The van der Waals surface area contributed by atoms with Crippen LogP contribution in [0.3, 0.4) is 0 Å². The van der Waals surface area contributed by atoms with Gasteiger partial charge >= 0.3 is 0 Å². The van der Waals surface area contributed by atoms with Crippen molar-refractivity contribution in [1.82, 2.24) is 4.90 Å². The third-order valence-corrected chi connectivity index (χ3v) is 5.44. The molecule has 0 saturated carbocycles. The van der Waals surface area contributed by atoms with Crippen LogP contribution in [0.4, 0.5) is 14.5 Å². The minimum absolute atomic E-state index is 0.0100. The minimum Gasteiger partial charge on any atom is -0.309 e. The number of carbonyl (C=O) groups is 1. The zero-order valence-electron chi connectivity index (χ0n) is 16.8. The average Bonchev–Trinajstić information content (AvgIpc) is 2.68. The monoisotopic (exact) mass is 386 g/mol. The van der Waals surface area contributed by atoms with E-state index in [1.54, 1.807) is 24.0 Å². The summed E-state index contributed by atoms with van der Waals surface area (Å²) in [6, 6.07) is 11.9. The maximum Gasteiger partial charge on any atom is 0.229 e. The second-order valence-electron chi connectivity index (χ2n) is 7.90. The van der Waals surface area contributed by atoms with Crippen LogP contribution in [0.15, 0.2) is 42.5 Å². The van der Waals surface area contributed by atoms with Crippen LogP contribution in [0.25, 0.3) is 0 Å². The van der Waals surface area contributed by atoms with Crippen molar-refractivity contribution in [2.75, 3.05) is 18.0 Å². The fourth-order valence-corrected chi connectivity index (χ4v) is 3.73. The van der Waals surface area contributed by atoms with Crippen molar-refractivity contribution in [3.63, 3.8) is 0 Å². The lowest BCUT2D eigenvalue weighted by Crippen LogP contribution is -2.48. The highest BCUT2D eigenvalue weighted by molar-refractivity contribution is 5.95. The van der Waals surface area contributed by atoms with Crippen LogP contribution in [0.5, 0.6) is 0 Å². The Labute approximate surface area is 166 Å². The molecule has 1 aliphatic rings. The Kier molecular flexibility index (Phi) is 6.45. The van der Waals surface area contributed by atoms with Gasteiger partial charge in [0.1, 0.15) is 11.6 Å². The van der Waals surface area contributed by atoms with E-state index in [1.165, 1.54) is 12.1 Å². The first-order valence-corrected chi connectivity index (χ1v) is 9.91. The minimum atomic E-state index is -0.295. The van der Waals surface area contributed by atoms with E-state index in [4.69, 9.17) is 0 Å². The van der Waals surface area contributed by atoms with Gasteiger partial charge in [0.25, 0.3) is 0 Å². The van der Waals surface area contributed by atoms with Gasteiger partial charge in [0, 0.05) is 42.8 Å². The van der Waals surface area contributed by atoms with E-state index >= 15 is 0 Å². The zero-order chi connectivity index (χ0) is 20.3. The molecule has 0 radical (unpaired) electrons. The second kappa shape index (κ2) is 8.82. The molecule has 2 aromatic carbocycles. The first-order chi connectivity index (χ1) is 13.4. The summed E-state index contributed by atoms with van der Waals surface area (Å²) in [6.07, 6.45) is 1.56. The van der Waals surface area contributed by atoms with Crippen LogP contribution in [0.1, 0.15) is 37.8 Å². The predicted molar refractivity (Wildman–Crippen MR) is 108 cm³/mol. The molecule has 0 aliphatic carbocycles. The number of nitrogens with zero attached hydrogens (tertiary/aromatic N) is 2. The van der Waals surface area contributed by atoms with Gasteiger partial charge in [0.05, 0.1) is 0 Å². The fraction of sp³-hybridized carbons (Fsp3) is 0.435. The molecule has 0 N–H and O–H groups in total. The molecule has 3 rings (SSSR count). The van der Waals surface area contributed by atoms with Crippen LogP contribution in [-0.4, -0.2) is 29.9 Å². The van der Waals surface area contributed by atoms with E-state index < -0.39 is 0 Å². The van der Waals surface area contributed by atoms with Gasteiger partial charge in [-0.25, -0.2) is 8.78 Å². The second-order valence-corrected chi connectivity index (χ2v) is 7.90. The molecule has 5 heteroatoms. The third-order valence-electron chi connectivity index (χ3n) is 5.44. The average molecular weight is 386 g/mol. The predicted octanol–water partition coefficient (Wildman–Crippen LogP) is 4.93. The molecule has 1 amide bonds. The molecular weight excluding hydrogens is 358 g/mol. The summed E-state index contributed by atoms with van der Waals surface area (Å²) in [5.74, 6) is -0.635. The molecule has 28 heavy (non-hydrogen) atoms. The van der Waals surface area contributed by atoms with E-state index in [-0.39, 0.29) is 29.5 Å². The number of aryl methyl sites for hydroxylation is 1. The summed E-state index contributed by atoms with van der Waals surface area (Å²) in [7, 11) is 0. The van der Waals surface area contributed by atoms with Gasteiger partial charge in [0.15, 0.2) is 0 Å². The van der Waals surface area contributed by atoms with Gasteiger partial charge < -0.3 is 4.90 Å². The number of piperidine rings is 1. The number of amides is 1. The molecule has 1 aliphatic heterocycles. The van der Waals surface area contributed by atoms with E-state index in [0.29, 0.717) is 23.4 Å². The Morgan fingerprint density at radius 1 is 1.11 bits per heavy atom. The van der Waals surface area contributed by atoms with Crippen LogP contribution in [0.2, 0.25) is 0 Å². The molecular formula is C23H28F2N2O. The summed E-state index contributed by atoms with van der Waals surface area (Å²) in [5, 5.41) is 0. The van der Waals surface area contributed by atoms with E-state index in [1.807, 2.05) is 32.0 Å². The highest BCUT2D eigenvalue weighted by Crippen LogP contribution is 2.28. The first-order valence-electron chi connectivity index (χ1n) is 9.91. The number of likely N-dealkylation sites (tertiary alicyclic amines) is 1. The Hall–Kier alpha value is -2.27. The lowest BCUT2D eigenvalue weighted by Gasteiger charge is -2.39. The topological polar surface area (TPSA) is 23.6 Å². The maximum atomic E-state index is 14.1. The Balaban J connectivity index is 1.73. The molecule has 1 saturated heterocycles. The Morgan fingerprint density at radius 3 is 2.39 bits per heavy atom. The smallest absolute Gasteiger partial charge is 0.229 e. The number of carbonyl (C=O) groups excluding carboxylic acids is 1. The van der Waals surface area contributed by atoms with Crippen LogP contribution < -0.4 is 4.90 Å². The van der Waals surface area contributed by atoms with Crippen molar-refractivity contribution in [2.45, 2.75) is 46.2 Å². The SMILES string of the molecule is Cc1ccc(N(C(=O)C(C)C)C2CCN(Cc3ccccc3F)CC2)cc1F. The summed E-state index contributed by atoms with van der Waals surface area (Å²) < 4.78 is 28.1. The van der Waals surface area contributed by atoms with Crippen molar-refractivity contribution in [2.24, 2.45) is 5.92 Å². The summed E-state index contributed by atoms with van der Waals surface area (Å²) in [5.41, 5.74) is 1.88. The number of halogens is 2. The summed E-state index contributed by atoms with van der Waals surface area (Å²) in [6.45, 7) is 7.57. The van der Waals surface area contributed by atoms with Gasteiger partial charge in [0.2, 0.25) is 5.91 Å². The van der Waals surface area contributed by atoms with Gasteiger partial charge in [-0.2, -0.15) is 0 Å². The standard InChI is InChI=1S/C23H28F2N2O/c1-16(2)23(28)27(20-9-8-17(3)22(25)14-20)19-10-12-26(13-11-19)15-18-6-4-5-7-21(18)24/h4-9,14,16,19H,10-13,15H2,1-3H3. The van der Waals surface area contributed by atoms with Crippen molar-refractivity contribution >= 4 is 11.6 Å². The van der Waals surface area contributed by atoms with Crippen molar-refractivity contribution in [3.05, 3.63) is 65.2 Å². The lowest BCUT2D eigenvalue weighted by atomic mass is 9.99. The van der Waals surface area contributed by atoms with Crippen molar-refractivity contribution in [3.8, 4) is 0 Å². The molecule has 0 spiro atoms. The number of anilines is 1. The molecule has 1 heterocycles. The molecule has 3 nitrogen and oxygen atoms in total. The number of hydrogen-bond donors (Lipinski definition) is 0. The molecule has 0 unspecified atom stereocenters. The lowest BCUT2D eigenvalue weighted by molar-refractivity contribution is -0.122.